The van der Waals surface area contributed by atoms with Gasteiger partial charge in [0.1, 0.15) is 5.75 Å². The topological polar surface area (TPSA) is 146 Å². The zero-order chi connectivity index (χ0) is 35.5. The first kappa shape index (κ1) is 34.6. The highest BCUT2D eigenvalue weighted by Crippen LogP contribution is 2.69. The van der Waals surface area contributed by atoms with Crippen LogP contribution < -0.4 is 14.9 Å². The molecule has 3 aromatic rings. The summed E-state index contributed by atoms with van der Waals surface area (Å²) in [5, 5.41) is 12.1. The fraction of sp³-hybridized carbons (Fsp3) is 0.441. The number of rotatable bonds is 11. The Hall–Kier alpha value is -3.82. The van der Waals surface area contributed by atoms with Crippen LogP contribution in [0.15, 0.2) is 52.3 Å². The quantitative estimate of drug-likeness (QED) is 0.154. The molecule has 2 bridgehead atoms. The Balaban J connectivity index is 1.15. The van der Waals surface area contributed by atoms with Gasteiger partial charge < -0.3 is 20.1 Å². The number of alkyl halides is 3. The summed E-state index contributed by atoms with van der Waals surface area (Å²) >= 11 is 9.06. The molecule has 6 unspecified atom stereocenters. The number of aliphatic carboxylic acids is 1. The number of carboxylic acids is 1. The number of hydrogen-bond acceptors (Lipinski definition) is 8. The molecule has 3 fully saturated rings. The van der Waals surface area contributed by atoms with E-state index in [9.17, 15) is 37.1 Å². The lowest BCUT2D eigenvalue weighted by Gasteiger charge is -2.43. The number of carbonyl (C=O) groups is 4. The molecule has 3 N–H and O–H groups in total. The predicted octanol–water partition coefficient (Wildman–Crippen LogP) is 6.24. The van der Waals surface area contributed by atoms with Crippen LogP contribution in [0.2, 0.25) is 5.02 Å². The molecular formula is C34H31ClF3N3O7S2. The van der Waals surface area contributed by atoms with Crippen molar-refractivity contribution in [2.24, 2.45) is 29.6 Å². The number of ether oxygens (including phenoxy) is 1. The van der Waals surface area contributed by atoms with Crippen LogP contribution >= 0.6 is 34.7 Å². The highest BCUT2D eigenvalue weighted by Gasteiger charge is 2.69. The van der Waals surface area contributed by atoms with Crippen molar-refractivity contribution in [3.05, 3.63) is 73.2 Å². The Labute approximate surface area is 296 Å². The van der Waals surface area contributed by atoms with Crippen LogP contribution in [-0.4, -0.2) is 57.1 Å². The van der Waals surface area contributed by atoms with Gasteiger partial charge in [-0.3, -0.25) is 28.9 Å². The minimum Gasteiger partial charge on any atom is -0.483 e. The second kappa shape index (κ2) is 13.4. The molecule has 2 aliphatic carbocycles. The first-order chi connectivity index (χ1) is 23.8. The minimum atomic E-state index is -4.68. The molecule has 10 nitrogen and oxygen atoms in total. The largest absolute Gasteiger partial charge is 0.483 e. The van der Waals surface area contributed by atoms with E-state index in [1.165, 1.54) is 28.8 Å². The number of aromatic nitrogens is 1. The van der Waals surface area contributed by atoms with Crippen molar-refractivity contribution in [3.63, 3.8) is 0 Å². The first-order valence-corrected chi connectivity index (χ1v) is 18.3. The lowest BCUT2D eigenvalue weighted by molar-refractivity contribution is -0.141. The standard InChI is InChI=1S/C34H31ClF3N3O7S2/c35-15-9-10-21(48-14-22(42)39-20-7-4-3-6-19(20)34(36,37)38)16(12-15)24-25-17-13-18(28(25)49-30-29(24)50-33(47)40-30)27-26(17)31(45)41(32(27)46)11-5-1-2-8-23(43)44/h3-4,6-7,9-10,12,17-18,24-28H,1-2,5,8,11,13-14H2,(H,39,42)(H,40,47)(H,43,44)/t17?,18?,24-,25?,26?,27?,28?/m1/s1. The van der Waals surface area contributed by atoms with E-state index in [0.29, 0.717) is 41.3 Å². The molecule has 2 aliphatic heterocycles. The van der Waals surface area contributed by atoms with Crippen LogP contribution in [0.4, 0.5) is 18.9 Å². The van der Waals surface area contributed by atoms with E-state index >= 15 is 0 Å². The average Bonchev–Trinajstić information content (AvgIpc) is 3.79. The van der Waals surface area contributed by atoms with Crippen LogP contribution in [0.1, 0.15) is 54.0 Å². The highest BCUT2D eigenvalue weighted by molar-refractivity contribution is 8.00. The Bertz CT molecular complexity index is 1930. The molecule has 0 spiro atoms. The number of aromatic amines is 1. The lowest BCUT2D eigenvalue weighted by atomic mass is 9.68. The van der Waals surface area contributed by atoms with Gasteiger partial charge in [0.15, 0.2) is 6.61 Å². The molecule has 50 heavy (non-hydrogen) atoms. The number of carbonyl (C=O) groups excluding carboxylic acids is 3. The predicted molar refractivity (Wildman–Crippen MR) is 178 cm³/mol. The fourth-order valence-electron chi connectivity index (χ4n) is 8.43. The van der Waals surface area contributed by atoms with E-state index in [-0.39, 0.29) is 58.4 Å². The smallest absolute Gasteiger partial charge is 0.418 e. The number of halogens is 4. The molecule has 16 heteroatoms. The number of amides is 3. The van der Waals surface area contributed by atoms with Gasteiger partial charge in [0.25, 0.3) is 5.91 Å². The number of fused-ring (bicyclic) bond motifs is 9. The summed E-state index contributed by atoms with van der Waals surface area (Å²) in [6.07, 6.45) is -2.46. The number of anilines is 1. The highest BCUT2D eigenvalue weighted by atomic mass is 35.5. The normalized spacial score (nSPS) is 26.5. The second-order valence-electron chi connectivity index (χ2n) is 13.1. The van der Waals surface area contributed by atoms with Crippen molar-refractivity contribution < 1.29 is 42.2 Å². The van der Waals surface area contributed by atoms with Crippen molar-refractivity contribution >= 4 is 64.1 Å². The summed E-state index contributed by atoms with van der Waals surface area (Å²) in [5.41, 5.74) is -0.822. The van der Waals surface area contributed by atoms with E-state index in [0.717, 1.165) is 28.3 Å². The number of unbranched alkanes of at least 4 members (excludes halogenated alkanes) is 2. The number of carboxylic acid groups (broad SMARTS) is 1. The van der Waals surface area contributed by atoms with Crippen LogP contribution in [0, 0.1) is 29.6 Å². The number of nitrogens with one attached hydrogen (secondary N) is 2. The maximum Gasteiger partial charge on any atom is 0.418 e. The molecule has 4 aliphatic rings. The van der Waals surface area contributed by atoms with Crippen molar-refractivity contribution in [1.82, 2.24) is 9.88 Å². The number of para-hydroxylation sites is 1. The number of H-pyrrole nitrogens is 1. The van der Waals surface area contributed by atoms with Crippen molar-refractivity contribution in [3.8, 4) is 5.75 Å². The molecule has 1 aromatic heterocycles. The van der Waals surface area contributed by atoms with E-state index in [2.05, 4.69) is 10.3 Å². The van der Waals surface area contributed by atoms with Gasteiger partial charge in [-0.2, -0.15) is 13.2 Å². The van der Waals surface area contributed by atoms with Gasteiger partial charge in [0, 0.05) is 39.6 Å². The Morgan fingerprint density at radius 2 is 1.78 bits per heavy atom. The van der Waals surface area contributed by atoms with Gasteiger partial charge >= 0.3 is 17.0 Å². The Kier molecular flexibility index (Phi) is 9.27. The lowest BCUT2D eigenvalue weighted by Crippen LogP contribution is -2.42. The molecule has 7 rings (SSSR count). The van der Waals surface area contributed by atoms with Crippen molar-refractivity contribution in [1.29, 1.82) is 0 Å². The Morgan fingerprint density at radius 3 is 2.52 bits per heavy atom. The van der Waals surface area contributed by atoms with E-state index in [4.69, 9.17) is 21.4 Å². The first-order valence-electron chi connectivity index (χ1n) is 16.2. The van der Waals surface area contributed by atoms with E-state index in [1.807, 2.05) is 0 Å². The molecule has 0 radical (unpaired) electrons. The molecule has 3 amide bonds. The summed E-state index contributed by atoms with van der Waals surface area (Å²) in [7, 11) is 0. The third-order valence-electron chi connectivity index (χ3n) is 10.3. The third-order valence-corrected chi connectivity index (χ3v) is 13.1. The number of benzene rings is 2. The monoisotopic (exact) mass is 749 g/mol. The van der Waals surface area contributed by atoms with Crippen molar-refractivity contribution in [2.45, 2.75) is 54.5 Å². The minimum absolute atomic E-state index is 0.0252. The van der Waals surface area contributed by atoms with Gasteiger partial charge in [-0.15, -0.1) is 11.8 Å². The third kappa shape index (κ3) is 6.21. The van der Waals surface area contributed by atoms with E-state index in [1.54, 1.807) is 18.2 Å². The maximum atomic E-state index is 13.9. The Morgan fingerprint density at radius 1 is 1.04 bits per heavy atom. The summed E-state index contributed by atoms with van der Waals surface area (Å²) in [6.45, 7) is -0.379. The van der Waals surface area contributed by atoms with Crippen LogP contribution in [-0.2, 0) is 25.4 Å². The molecule has 264 valence electrons. The van der Waals surface area contributed by atoms with Gasteiger partial charge in [0.05, 0.1) is 28.1 Å². The van der Waals surface area contributed by atoms with Crippen LogP contribution in [0.5, 0.6) is 5.75 Å². The summed E-state index contributed by atoms with van der Waals surface area (Å²) < 4.78 is 46.5. The van der Waals surface area contributed by atoms with Gasteiger partial charge in [-0.1, -0.05) is 41.5 Å². The molecule has 1 saturated heterocycles. The zero-order valence-electron chi connectivity index (χ0n) is 26.2. The molecular weight excluding hydrogens is 719 g/mol. The second-order valence-corrected chi connectivity index (χ2v) is 15.7. The molecule has 3 heterocycles. The number of hydrogen-bond donors (Lipinski definition) is 3. The number of likely N-dealkylation sites (tertiary alicyclic amines) is 1. The zero-order valence-corrected chi connectivity index (χ0v) is 28.6. The van der Waals surface area contributed by atoms with Crippen molar-refractivity contribution in [2.75, 3.05) is 18.5 Å². The van der Waals surface area contributed by atoms with E-state index < -0.39 is 53.7 Å². The number of thiazole rings is 1. The number of nitrogens with zero attached hydrogens (tertiary/aromatic N) is 1. The fourth-order valence-corrected chi connectivity index (χ4v) is 11.5. The maximum absolute atomic E-state index is 13.9. The molecule has 2 aromatic carbocycles. The van der Waals surface area contributed by atoms with Gasteiger partial charge in [-0.05, 0) is 67.3 Å². The molecule has 7 atom stereocenters. The summed E-state index contributed by atoms with van der Waals surface area (Å²) in [4.78, 5) is 68.8. The number of thioether (sulfide) groups is 1. The molecule has 2 saturated carbocycles. The van der Waals surface area contributed by atoms with Crippen LogP contribution in [0.3, 0.4) is 0 Å². The van der Waals surface area contributed by atoms with Crippen LogP contribution in [0.25, 0.3) is 0 Å². The number of imide groups is 1. The summed E-state index contributed by atoms with van der Waals surface area (Å²) in [5.74, 6) is -3.87. The van der Waals surface area contributed by atoms with Gasteiger partial charge in [-0.25, -0.2) is 0 Å². The summed E-state index contributed by atoms with van der Waals surface area (Å²) in [6, 6.07) is 9.46. The SMILES string of the molecule is O=C(O)CCCCCN1C(=O)C2C3CC(C2C1=O)C1C3Sc2[nH]c(=O)sc2[C@@H]1c1cc(Cl)ccc1OCC(=O)Nc1ccccc1C(F)(F)F. The average molecular weight is 750 g/mol. The van der Waals surface area contributed by atoms with Gasteiger partial charge in [0.2, 0.25) is 11.8 Å².